The summed E-state index contributed by atoms with van der Waals surface area (Å²) >= 11 is 0. The zero-order valence-electron chi connectivity index (χ0n) is 17.9. The van der Waals surface area contributed by atoms with E-state index in [0.717, 1.165) is 18.7 Å². The third-order valence-electron chi connectivity index (χ3n) is 4.50. The van der Waals surface area contributed by atoms with E-state index in [1.54, 1.807) is 14.2 Å². The summed E-state index contributed by atoms with van der Waals surface area (Å²) < 4.78 is 11.0. The molecule has 29 heavy (non-hydrogen) atoms. The predicted octanol–water partition coefficient (Wildman–Crippen LogP) is 3.87. The number of ether oxygens (including phenoxy) is 2. The van der Waals surface area contributed by atoms with Crippen molar-refractivity contribution in [3.8, 4) is 11.5 Å². The molecule has 0 saturated heterocycles. The Balaban J connectivity index is 0.00000420. The fourth-order valence-corrected chi connectivity index (χ4v) is 2.88. The van der Waals surface area contributed by atoms with E-state index in [1.165, 1.54) is 5.56 Å². The predicted molar refractivity (Wildman–Crippen MR) is 132 cm³/mol. The summed E-state index contributed by atoms with van der Waals surface area (Å²) in [5, 5.41) is 6.75. The number of halogens is 1. The topological polar surface area (TPSA) is 58.1 Å². The minimum absolute atomic E-state index is 0. The summed E-state index contributed by atoms with van der Waals surface area (Å²) in [5.41, 5.74) is 2.21. The molecule has 1 unspecified atom stereocenters. The molecule has 0 aliphatic heterocycles. The van der Waals surface area contributed by atoms with Crippen molar-refractivity contribution in [2.45, 2.75) is 19.4 Å². The van der Waals surface area contributed by atoms with Crippen LogP contribution in [-0.2, 0) is 6.42 Å². The number of guanidine groups is 1. The third-order valence-corrected chi connectivity index (χ3v) is 4.50. The number of benzene rings is 2. The van der Waals surface area contributed by atoms with Gasteiger partial charge in [0.05, 0.1) is 13.7 Å². The number of methoxy groups -OCH3 is 1. The Hall–Kier alpha value is -2.00. The average molecular weight is 512 g/mol. The molecule has 1 atom stereocenters. The van der Waals surface area contributed by atoms with Crippen LogP contribution >= 0.6 is 24.0 Å². The van der Waals surface area contributed by atoms with Crippen molar-refractivity contribution in [2.75, 3.05) is 46.7 Å². The fraction of sp³-hybridized carbons (Fsp3) is 0.409. The Labute approximate surface area is 191 Å². The minimum atomic E-state index is 0. The molecular weight excluding hydrogens is 479 g/mol. The molecule has 2 aromatic rings. The molecule has 0 aliphatic carbocycles. The standard InChI is InChI=1S/C22H32N4O2.HI/c1-6-28-21-15-18(12-13-20(21)27-5)25-22(23-2)24-16-19(26(3)4)14-17-10-8-7-9-11-17;/h7-13,15,19H,6,14,16H2,1-5H3,(H2,23,24,25);1H. The first kappa shape index (κ1) is 25.0. The van der Waals surface area contributed by atoms with E-state index in [-0.39, 0.29) is 24.0 Å². The van der Waals surface area contributed by atoms with Gasteiger partial charge in [0.25, 0.3) is 0 Å². The summed E-state index contributed by atoms with van der Waals surface area (Å²) in [6, 6.07) is 16.6. The quantitative estimate of drug-likeness (QED) is 0.304. The van der Waals surface area contributed by atoms with Crippen molar-refractivity contribution in [3.05, 3.63) is 54.1 Å². The Kier molecular flexibility index (Phi) is 11.5. The van der Waals surface area contributed by atoms with Gasteiger partial charge in [0.2, 0.25) is 0 Å². The van der Waals surface area contributed by atoms with Gasteiger partial charge in [-0.3, -0.25) is 4.99 Å². The van der Waals surface area contributed by atoms with Crippen LogP contribution in [0, 0.1) is 0 Å². The second kappa shape index (κ2) is 13.3. The van der Waals surface area contributed by atoms with Gasteiger partial charge in [-0.15, -0.1) is 24.0 Å². The number of anilines is 1. The molecule has 0 radical (unpaired) electrons. The van der Waals surface area contributed by atoms with Gasteiger partial charge in [-0.05, 0) is 45.1 Å². The van der Waals surface area contributed by atoms with Gasteiger partial charge >= 0.3 is 0 Å². The molecule has 7 heteroatoms. The Morgan fingerprint density at radius 3 is 2.41 bits per heavy atom. The summed E-state index contributed by atoms with van der Waals surface area (Å²) in [6.45, 7) is 3.31. The Morgan fingerprint density at radius 1 is 1.10 bits per heavy atom. The van der Waals surface area contributed by atoms with Crippen LogP contribution in [0.3, 0.4) is 0 Å². The Bertz CT molecular complexity index is 754. The number of nitrogens with one attached hydrogen (secondary N) is 2. The van der Waals surface area contributed by atoms with E-state index in [4.69, 9.17) is 9.47 Å². The number of likely N-dealkylation sites (N-methyl/N-ethyl adjacent to an activating group) is 1. The van der Waals surface area contributed by atoms with Gasteiger partial charge in [0.1, 0.15) is 0 Å². The summed E-state index contributed by atoms with van der Waals surface area (Å²) in [4.78, 5) is 6.57. The van der Waals surface area contributed by atoms with Gasteiger partial charge in [-0.1, -0.05) is 30.3 Å². The van der Waals surface area contributed by atoms with Crippen LogP contribution in [0.4, 0.5) is 5.69 Å². The van der Waals surface area contributed by atoms with Crippen LogP contribution in [0.1, 0.15) is 12.5 Å². The fourth-order valence-electron chi connectivity index (χ4n) is 2.88. The molecule has 2 aromatic carbocycles. The zero-order chi connectivity index (χ0) is 20.4. The highest BCUT2D eigenvalue weighted by molar-refractivity contribution is 14.0. The average Bonchev–Trinajstić information content (AvgIpc) is 2.71. The lowest BCUT2D eigenvalue weighted by atomic mass is 10.1. The molecule has 0 heterocycles. The van der Waals surface area contributed by atoms with Crippen LogP contribution in [0.15, 0.2) is 53.5 Å². The SMILES string of the molecule is CCOc1cc(NC(=NC)NCC(Cc2ccccc2)N(C)C)ccc1OC.I. The highest BCUT2D eigenvalue weighted by Gasteiger charge is 2.13. The van der Waals surface area contributed by atoms with E-state index >= 15 is 0 Å². The molecule has 0 spiro atoms. The van der Waals surface area contributed by atoms with Gasteiger partial charge in [-0.25, -0.2) is 0 Å². The van der Waals surface area contributed by atoms with Gasteiger partial charge in [0.15, 0.2) is 17.5 Å². The van der Waals surface area contributed by atoms with E-state index in [0.29, 0.717) is 30.1 Å². The first-order chi connectivity index (χ1) is 13.6. The number of rotatable bonds is 9. The summed E-state index contributed by atoms with van der Waals surface area (Å²) in [6.07, 6.45) is 0.967. The van der Waals surface area contributed by atoms with E-state index < -0.39 is 0 Å². The van der Waals surface area contributed by atoms with Crippen LogP contribution < -0.4 is 20.1 Å². The molecule has 0 bridgehead atoms. The molecule has 0 amide bonds. The maximum Gasteiger partial charge on any atom is 0.195 e. The van der Waals surface area contributed by atoms with Crippen LogP contribution in [0.5, 0.6) is 11.5 Å². The lowest BCUT2D eigenvalue weighted by Gasteiger charge is -2.26. The van der Waals surface area contributed by atoms with E-state index in [2.05, 4.69) is 58.9 Å². The maximum atomic E-state index is 5.65. The smallest absolute Gasteiger partial charge is 0.195 e. The maximum absolute atomic E-state index is 5.65. The number of hydrogen-bond acceptors (Lipinski definition) is 4. The zero-order valence-corrected chi connectivity index (χ0v) is 20.3. The van der Waals surface area contributed by atoms with Crippen molar-refractivity contribution >= 4 is 35.6 Å². The van der Waals surface area contributed by atoms with Crippen molar-refractivity contribution in [2.24, 2.45) is 4.99 Å². The van der Waals surface area contributed by atoms with Crippen molar-refractivity contribution in [1.82, 2.24) is 10.2 Å². The molecule has 0 aromatic heterocycles. The van der Waals surface area contributed by atoms with Crippen LogP contribution in [-0.4, -0.2) is 58.3 Å². The highest BCUT2D eigenvalue weighted by Crippen LogP contribution is 2.30. The van der Waals surface area contributed by atoms with E-state index in [1.807, 2.05) is 31.2 Å². The second-order valence-electron chi connectivity index (χ2n) is 6.68. The van der Waals surface area contributed by atoms with Crippen molar-refractivity contribution in [1.29, 1.82) is 0 Å². The lowest BCUT2D eigenvalue weighted by Crippen LogP contribution is -2.43. The Morgan fingerprint density at radius 2 is 1.83 bits per heavy atom. The highest BCUT2D eigenvalue weighted by atomic mass is 127. The second-order valence-corrected chi connectivity index (χ2v) is 6.68. The molecule has 160 valence electrons. The number of nitrogens with zero attached hydrogens (tertiary/aromatic N) is 2. The summed E-state index contributed by atoms with van der Waals surface area (Å²) in [7, 11) is 7.61. The van der Waals surface area contributed by atoms with Crippen LogP contribution in [0.2, 0.25) is 0 Å². The molecule has 0 saturated carbocycles. The van der Waals surface area contributed by atoms with Crippen molar-refractivity contribution in [3.63, 3.8) is 0 Å². The van der Waals surface area contributed by atoms with Gasteiger partial charge < -0.3 is 25.0 Å². The van der Waals surface area contributed by atoms with Gasteiger partial charge in [-0.2, -0.15) is 0 Å². The first-order valence-electron chi connectivity index (χ1n) is 9.56. The first-order valence-corrected chi connectivity index (χ1v) is 9.56. The molecule has 2 N–H and O–H groups in total. The third kappa shape index (κ3) is 8.10. The summed E-state index contributed by atoms with van der Waals surface area (Å²) in [5.74, 6) is 2.14. The number of aliphatic imine (C=N–C) groups is 1. The van der Waals surface area contributed by atoms with E-state index in [9.17, 15) is 0 Å². The lowest BCUT2D eigenvalue weighted by molar-refractivity contribution is 0.291. The molecule has 0 fully saturated rings. The minimum Gasteiger partial charge on any atom is -0.493 e. The molecular formula is C22H33IN4O2. The largest absolute Gasteiger partial charge is 0.493 e. The molecule has 2 rings (SSSR count). The van der Waals surface area contributed by atoms with Gasteiger partial charge in [0, 0.05) is 31.4 Å². The normalized spacial score (nSPS) is 12.1. The molecule has 6 nitrogen and oxygen atoms in total. The monoisotopic (exact) mass is 512 g/mol. The van der Waals surface area contributed by atoms with Crippen LogP contribution in [0.25, 0.3) is 0 Å². The molecule has 0 aliphatic rings. The number of hydrogen-bond donors (Lipinski definition) is 2. The van der Waals surface area contributed by atoms with Crippen molar-refractivity contribution < 1.29 is 9.47 Å².